The summed E-state index contributed by atoms with van der Waals surface area (Å²) in [5.74, 6) is -7.19. The topological polar surface area (TPSA) is 144 Å². The highest BCUT2D eigenvalue weighted by Gasteiger charge is 2.27. The second-order valence-electron chi connectivity index (χ2n) is 9.86. The van der Waals surface area contributed by atoms with Gasteiger partial charge in [0.15, 0.2) is 23.3 Å². The van der Waals surface area contributed by atoms with Gasteiger partial charge in [0.25, 0.3) is 5.69 Å². The largest absolute Gasteiger partial charge is 0.481 e. The Labute approximate surface area is 236 Å². The van der Waals surface area contributed by atoms with Gasteiger partial charge >= 0.3 is 12.1 Å². The number of halogens is 4. The second kappa shape index (κ2) is 12.7. The molecule has 2 aromatic carbocycles. The van der Waals surface area contributed by atoms with Crippen molar-refractivity contribution in [2.75, 3.05) is 19.0 Å². The highest BCUT2D eigenvalue weighted by atomic mass is 19.2. The molecule has 1 heterocycles. The molecule has 3 rings (SSSR count). The molecular formula is C27H26F4N4O7. The third-order valence-electron chi connectivity index (χ3n) is 5.71. The maximum absolute atomic E-state index is 15.2. The molecule has 0 spiro atoms. The van der Waals surface area contributed by atoms with Crippen LogP contribution in [0.1, 0.15) is 42.4 Å². The Morgan fingerprint density at radius 3 is 2.31 bits per heavy atom. The highest BCUT2D eigenvalue weighted by Crippen LogP contribution is 2.30. The molecule has 15 heteroatoms. The average Bonchev–Trinajstić information content (AvgIpc) is 2.90. The number of carboxylic acids is 1. The molecule has 2 N–H and O–H groups in total. The van der Waals surface area contributed by atoms with E-state index in [9.17, 15) is 38.0 Å². The normalized spacial score (nSPS) is 11.1. The lowest BCUT2D eigenvalue weighted by molar-refractivity contribution is -0.386. The number of aromatic carboxylic acids is 1. The molecule has 0 radical (unpaired) electrons. The van der Waals surface area contributed by atoms with E-state index in [1.54, 1.807) is 20.8 Å². The van der Waals surface area contributed by atoms with E-state index >= 15 is 4.39 Å². The summed E-state index contributed by atoms with van der Waals surface area (Å²) in [6.07, 6.45) is -1.24. The SMILES string of the molecule is COc1ccc([N+](=O)[O-])c(CCN(Cc2c(Nc3cc(F)c(F)cc3C(=O)O)ccc(F)c2F)C(=O)OC(C)(C)C)n1. The van der Waals surface area contributed by atoms with Crippen molar-refractivity contribution in [1.29, 1.82) is 0 Å². The average molecular weight is 595 g/mol. The molecule has 1 amide bonds. The van der Waals surface area contributed by atoms with Gasteiger partial charge in [-0.1, -0.05) is 0 Å². The Morgan fingerprint density at radius 2 is 1.71 bits per heavy atom. The lowest BCUT2D eigenvalue weighted by Gasteiger charge is -2.28. The zero-order chi connectivity index (χ0) is 31.4. The lowest BCUT2D eigenvalue weighted by atomic mass is 10.1. The summed E-state index contributed by atoms with van der Waals surface area (Å²) in [6, 6.07) is 5.11. The van der Waals surface area contributed by atoms with E-state index in [4.69, 9.17) is 9.47 Å². The monoisotopic (exact) mass is 594 g/mol. The van der Waals surface area contributed by atoms with Gasteiger partial charge in [-0.05, 0) is 39.0 Å². The van der Waals surface area contributed by atoms with Crippen LogP contribution in [0.3, 0.4) is 0 Å². The summed E-state index contributed by atoms with van der Waals surface area (Å²) in [6.45, 7) is 3.65. The second-order valence-corrected chi connectivity index (χ2v) is 9.86. The number of nitrogens with one attached hydrogen (secondary N) is 1. The molecule has 0 saturated carbocycles. The van der Waals surface area contributed by atoms with Gasteiger partial charge in [0.2, 0.25) is 5.88 Å². The van der Waals surface area contributed by atoms with Crippen molar-refractivity contribution in [3.05, 3.63) is 86.6 Å². The number of carboxylic acid groups (broad SMARTS) is 1. The maximum atomic E-state index is 15.2. The summed E-state index contributed by atoms with van der Waals surface area (Å²) in [5, 5.41) is 23.4. The molecule has 0 aliphatic carbocycles. The maximum Gasteiger partial charge on any atom is 0.410 e. The summed E-state index contributed by atoms with van der Waals surface area (Å²) in [5.41, 5.74) is -3.44. The first kappa shape index (κ1) is 31.6. The van der Waals surface area contributed by atoms with Crippen molar-refractivity contribution in [1.82, 2.24) is 9.88 Å². The van der Waals surface area contributed by atoms with Crippen LogP contribution >= 0.6 is 0 Å². The van der Waals surface area contributed by atoms with Crippen molar-refractivity contribution in [3.63, 3.8) is 0 Å². The minimum absolute atomic E-state index is 0.0582. The van der Waals surface area contributed by atoms with E-state index in [2.05, 4.69) is 10.3 Å². The van der Waals surface area contributed by atoms with Crippen LogP contribution < -0.4 is 10.1 Å². The van der Waals surface area contributed by atoms with Gasteiger partial charge < -0.3 is 24.8 Å². The van der Waals surface area contributed by atoms with Crippen LogP contribution in [0.4, 0.5) is 39.4 Å². The Balaban J connectivity index is 2.05. The van der Waals surface area contributed by atoms with Gasteiger partial charge in [0, 0.05) is 42.4 Å². The Hall–Kier alpha value is -4.95. The first-order chi connectivity index (χ1) is 19.6. The molecule has 0 atom stereocenters. The number of ether oxygens (including phenoxy) is 2. The van der Waals surface area contributed by atoms with Gasteiger partial charge in [-0.25, -0.2) is 32.1 Å². The van der Waals surface area contributed by atoms with Crippen LogP contribution in [-0.2, 0) is 17.7 Å². The number of carbonyl (C=O) groups is 2. The summed E-state index contributed by atoms with van der Waals surface area (Å²) in [4.78, 5) is 40.6. The summed E-state index contributed by atoms with van der Waals surface area (Å²) >= 11 is 0. The van der Waals surface area contributed by atoms with E-state index in [1.807, 2.05) is 0 Å². The molecule has 0 bridgehead atoms. The summed E-state index contributed by atoms with van der Waals surface area (Å²) in [7, 11) is 1.30. The van der Waals surface area contributed by atoms with E-state index in [0.717, 1.165) is 17.0 Å². The smallest absolute Gasteiger partial charge is 0.410 e. The van der Waals surface area contributed by atoms with Crippen molar-refractivity contribution < 1.29 is 46.7 Å². The number of rotatable bonds is 10. The Bertz CT molecular complexity index is 1530. The third kappa shape index (κ3) is 7.62. The Morgan fingerprint density at radius 1 is 1.05 bits per heavy atom. The number of benzene rings is 2. The van der Waals surface area contributed by atoms with Crippen molar-refractivity contribution in [3.8, 4) is 5.88 Å². The number of amides is 1. The number of carbonyl (C=O) groups excluding carboxylic acids is 1. The molecular weight excluding hydrogens is 568 g/mol. The molecule has 0 aliphatic rings. The van der Waals surface area contributed by atoms with Crippen LogP contribution in [0.25, 0.3) is 0 Å². The highest BCUT2D eigenvalue weighted by molar-refractivity contribution is 5.95. The first-order valence-electron chi connectivity index (χ1n) is 12.2. The minimum Gasteiger partial charge on any atom is -0.481 e. The van der Waals surface area contributed by atoms with E-state index < -0.39 is 69.2 Å². The molecule has 0 saturated heterocycles. The number of hydrogen-bond donors (Lipinski definition) is 2. The minimum atomic E-state index is -1.64. The van der Waals surface area contributed by atoms with Crippen molar-refractivity contribution >= 4 is 29.1 Å². The molecule has 0 unspecified atom stereocenters. The van der Waals surface area contributed by atoms with Gasteiger partial charge in [0.05, 0.1) is 29.8 Å². The molecule has 42 heavy (non-hydrogen) atoms. The van der Waals surface area contributed by atoms with Crippen LogP contribution in [0.5, 0.6) is 5.88 Å². The standard InChI is InChI=1S/C27H26F4N4O7/c1-27(2,3)42-26(38)34(10-9-20-22(35(39)40)7-8-23(33-20)41-4)13-15-19(6-5-16(28)24(15)31)32-21-12-18(30)17(29)11-14(21)25(36)37/h5-8,11-12,32H,9-10,13H2,1-4H3,(H,36,37). The number of methoxy groups -OCH3 is 1. The zero-order valence-electron chi connectivity index (χ0n) is 22.8. The Kier molecular flexibility index (Phi) is 9.55. The fraction of sp³-hybridized carbons (Fsp3) is 0.296. The molecule has 11 nitrogen and oxygen atoms in total. The number of hydrogen-bond acceptors (Lipinski definition) is 8. The van der Waals surface area contributed by atoms with Crippen LogP contribution in [0.15, 0.2) is 36.4 Å². The number of pyridine rings is 1. The van der Waals surface area contributed by atoms with E-state index in [1.165, 1.54) is 13.2 Å². The van der Waals surface area contributed by atoms with Crippen LogP contribution in [0, 0.1) is 33.4 Å². The van der Waals surface area contributed by atoms with Crippen molar-refractivity contribution in [2.45, 2.75) is 39.3 Å². The zero-order valence-corrected chi connectivity index (χ0v) is 22.8. The number of anilines is 2. The van der Waals surface area contributed by atoms with E-state index in [0.29, 0.717) is 18.2 Å². The molecule has 0 fully saturated rings. The fourth-order valence-corrected chi connectivity index (χ4v) is 3.77. The van der Waals surface area contributed by atoms with Crippen LogP contribution in [0.2, 0.25) is 0 Å². The van der Waals surface area contributed by atoms with Gasteiger partial charge in [-0.2, -0.15) is 0 Å². The predicted molar refractivity (Wildman–Crippen MR) is 141 cm³/mol. The first-order valence-corrected chi connectivity index (χ1v) is 12.2. The van der Waals surface area contributed by atoms with Crippen LogP contribution in [-0.4, -0.2) is 51.2 Å². The number of aromatic nitrogens is 1. The quantitative estimate of drug-likeness (QED) is 0.165. The predicted octanol–water partition coefficient (Wildman–Crippen LogP) is 5.98. The summed E-state index contributed by atoms with van der Waals surface area (Å²) < 4.78 is 67.7. The fourth-order valence-electron chi connectivity index (χ4n) is 3.77. The molecule has 3 aromatic rings. The van der Waals surface area contributed by atoms with Gasteiger partial charge in [-0.3, -0.25) is 10.1 Å². The van der Waals surface area contributed by atoms with Crippen molar-refractivity contribution in [2.24, 2.45) is 0 Å². The van der Waals surface area contributed by atoms with Gasteiger partial charge in [0.1, 0.15) is 11.3 Å². The molecule has 224 valence electrons. The number of nitrogens with zero attached hydrogens (tertiary/aromatic N) is 3. The van der Waals surface area contributed by atoms with E-state index in [-0.39, 0.29) is 35.9 Å². The number of nitro groups is 1. The molecule has 0 aliphatic heterocycles. The lowest BCUT2D eigenvalue weighted by Crippen LogP contribution is -2.38. The molecule has 1 aromatic heterocycles. The third-order valence-corrected chi connectivity index (χ3v) is 5.71. The van der Waals surface area contributed by atoms with Gasteiger partial charge in [-0.15, -0.1) is 0 Å².